The number of anilines is 1. The lowest BCUT2D eigenvalue weighted by molar-refractivity contribution is 0.102. The van der Waals surface area contributed by atoms with Gasteiger partial charge in [-0.2, -0.15) is 0 Å². The van der Waals surface area contributed by atoms with Crippen molar-refractivity contribution >= 4 is 22.9 Å². The summed E-state index contributed by atoms with van der Waals surface area (Å²) in [6, 6.07) is 11.7. The highest BCUT2D eigenvalue weighted by Crippen LogP contribution is 2.26. The van der Waals surface area contributed by atoms with Crippen molar-refractivity contribution in [1.29, 1.82) is 0 Å². The standard InChI is InChI=1S/C18H15FN2O2S/c1-11-9-13(19)5-8-15(11)20-17(22)16-10-24-18(21-16)12-3-6-14(23-2)7-4-12/h3-10H,1-2H3,(H,20,22). The van der Waals surface area contributed by atoms with Crippen LogP contribution in [0, 0.1) is 12.7 Å². The molecule has 0 aliphatic rings. The lowest BCUT2D eigenvalue weighted by Gasteiger charge is -2.06. The Balaban J connectivity index is 1.77. The number of halogens is 1. The van der Waals surface area contributed by atoms with Gasteiger partial charge < -0.3 is 10.1 Å². The quantitative estimate of drug-likeness (QED) is 0.758. The van der Waals surface area contributed by atoms with Crippen molar-refractivity contribution in [2.75, 3.05) is 12.4 Å². The van der Waals surface area contributed by atoms with E-state index in [1.54, 1.807) is 25.5 Å². The van der Waals surface area contributed by atoms with E-state index < -0.39 is 0 Å². The van der Waals surface area contributed by atoms with E-state index in [9.17, 15) is 9.18 Å². The number of nitrogens with one attached hydrogen (secondary N) is 1. The number of nitrogens with zero attached hydrogens (tertiary/aromatic N) is 1. The largest absolute Gasteiger partial charge is 0.497 e. The molecule has 4 nitrogen and oxygen atoms in total. The van der Waals surface area contributed by atoms with Gasteiger partial charge in [0.25, 0.3) is 5.91 Å². The van der Waals surface area contributed by atoms with Crippen LogP contribution >= 0.6 is 11.3 Å². The molecule has 0 aliphatic heterocycles. The molecule has 2 aromatic carbocycles. The number of thiazole rings is 1. The lowest BCUT2D eigenvalue weighted by atomic mass is 10.2. The van der Waals surface area contributed by atoms with Crippen LogP contribution in [0.3, 0.4) is 0 Å². The molecular weight excluding hydrogens is 327 g/mol. The summed E-state index contributed by atoms with van der Waals surface area (Å²) in [6.45, 7) is 1.74. The summed E-state index contributed by atoms with van der Waals surface area (Å²) < 4.78 is 18.2. The van der Waals surface area contributed by atoms with E-state index in [2.05, 4.69) is 10.3 Å². The van der Waals surface area contributed by atoms with Crippen LogP contribution in [0.15, 0.2) is 47.8 Å². The summed E-state index contributed by atoms with van der Waals surface area (Å²) in [6.07, 6.45) is 0. The van der Waals surface area contributed by atoms with Crippen LogP contribution in [-0.4, -0.2) is 18.0 Å². The number of benzene rings is 2. The minimum atomic E-state index is -0.332. The van der Waals surface area contributed by atoms with Gasteiger partial charge in [-0.1, -0.05) is 0 Å². The molecule has 0 unspecified atom stereocenters. The first-order valence-electron chi connectivity index (χ1n) is 7.24. The van der Waals surface area contributed by atoms with Crippen LogP contribution in [0.4, 0.5) is 10.1 Å². The molecular formula is C18H15FN2O2S. The zero-order valence-electron chi connectivity index (χ0n) is 13.2. The minimum Gasteiger partial charge on any atom is -0.497 e. The number of methoxy groups -OCH3 is 1. The molecule has 3 rings (SSSR count). The van der Waals surface area contributed by atoms with E-state index in [1.165, 1.54) is 23.5 Å². The topological polar surface area (TPSA) is 51.2 Å². The third-order valence-electron chi connectivity index (χ3n) is 3.51. The average Bonchev–Trinajstić information content (AvgIpc) is 3.07. The van der Waals surface area contributed by atoms with Crippen molar-refractivity contribution < 1.29 is 13.9 Å². The predicted molar refractivity (Wildman–Crippen MR) is 93.2 cm³/mol. The highest BCUT2D eigenvalue weighted by Gasteiger charge is 2.13. The molecule has 24 heavy (non-hydrogen) atoms. The Bertz CT molecular complexity index is 875. The fraction of sp³-hybridized carbons (Fsp3) is 0.111. The summed E-state index contributed by atoms with van der Waals surface area (Å²) in [7, 11) is 1.61. The Morgan fingerprint density at radius 3 is 2.62 bits per heavy atom. The number of ether oxygens (including phenoxy) is 1. The third-order valence-corrected chi connectivity index (χ3v) is 4.40. The van der Waals surface area contributed by atoms with Crippen LogP contribution in [0.25, 0.3) is 10.6 Å². The molecule has 0 fully saturated rings. The molecule has 122 valence electrons. The van der Waals surface area contributed by atoms with Crippen molar-refractivity contribution in [1.82, 2.24) is 4.98 Å². The molecule has 0 spiro atoms. The number of hydrogen-bond acceptors (Lipinski definition) is 4. The monoisotopic (exact) mass is 342 g/mol. The summed E-state index contributed by atoms with van der Waals surface area (Å²) in [5.41, 5.74) is 2.47. The first-order valence-corrected chi connectivity index (χ1v) is 8.12. The molecule has 0 bridgehead atoms. The second-order valence-corrected chi connectivity index (χ2v) is 6.04. The van der Waals surface area contributed by atoms with Gasteiger partial charge in [0, 0.05) is 16.6 Å². The van der Waals surface area contributed by atoms with E-state index in [1.807, 2.05) is 24.3 Å². The maximum atomic E-state index is 13.1. The molecule has 0 saturated heterocycles. The van der Waals surface area contributed by atoms with E-state index in [0.717, 1.165) is 16.3 Å². The van der Waals surface area contributed by atoms with Gasteiger partial charge in [0.05, 0.1) is 7.11 Å². The number of rotatable bonds is 4. The Kier molecular flexibility index (Phi) is 4.57. The van der Waals surface area contributed by atoms with Gasteiger partial charge in [0.15, 0.2) is 0 Å². The first kappa shape index (κ1) is 16.1. The number of aromatic nitrogens is 1. The van der Waals surface area contributed by atoms with Crippen LogP contribution in [0.5, 0.6) is 5.75 Å². The van der Waals surface area contributed by atoms with Gasteiger partial charge in [0.1, 0.15) is 22.3 Å². The number of carbonyl (C=O) groups is 1. The van der Waals surface area contributed by atoms with Crippen LogP contribution in [0.2, 0.25) is 0 Å². The third kappa shape index (κ3) is 3.44. The number of carbonyl (C=O) groups excluding carboxylic acids is 1. The Morgan fingerprint density at radius 2 is 1.96 bits per heavy atom. The highest BCUT2D eigenvalue weighted by molar-refractivity contribution is 7.13. The highest BCUT2D eigenvalue weighted by atomic mass is 32.1. The van der Waals surface area contributed by atoms with E-state index in [0.29, 0.717) is 16.9 Å². The Hall–Kier alpha value is -2.73. The maximum absolute atomic E-state index is 13.1. The fourth-order valence-corrected chi connectivity index (χ4v) is 3.00. The van der Waals surface area contributed by atoms with Gasteiger partial charge in [-0.3, -0.25) is 4.79 Å². The van der Waals surface area contributed by atoms with Crippen molar-refractivity contribution in [3.8, 4) is 16.3 Å². The summed E-state index contributed by atoms with van der Waals surface area (Å²) >= 11 is 1.39. The van der Waals surface area contributed by atoms with Crippen molar-refractivity contribution in [2.24, 2.45) is 0 Å². The zero-order chi connectivity index (χ0) is 17.1. The van der Waals surface area contributed by atoms with Crippen molar-refractivity contribution in [3.05, 3.63) is 64.9 Å². The summed E-state index contributed by atoms with van der Waals surface area (Å²) in [4.78, 5) is 16.7. The molecule has 1 amide bonds. The predicted octanol–water partition coefficient (Wildman–Crippen LogP) is 4.52. The number of hydrogen-bond donors (Lipinski definition) is 1. The van der Waals surface area contributed by atoms with E-state index in [-0.39, 0.29) is 11.7 Å². The second-order valence-electron chi connectivity index (χ2n) is 5.18. The number of amides is 1. The minimum absolute atomic E-state index is 0.319. The second kappa shape index (κ2) is 6.80. The van der Waals surface area contributed by atoms with Crippen LogP contribution in [0.1, 0.15) is 16.1 Å². The summed E-state index contributed by atoms with van der Waals surface area (Å²) in [5, 5.41) is 5.21. The molecule has 0 saturated carbocycles. The van der Waals surface area contributed by atoms with Crippen molar-refractivity contribution in [2.45, 2.75) is 6.92 Å². The molecule has 0 radical (unpaired) electrons. The Morgan fingerprint density at radius 1 is 1.21 bits per heavy atom. The van der Waals surface area contributed by atoms with Crippen LogP contribution in [-0.2, 0) is 0 Å². The van der Waals surface area contributed by atoms with Gasteiger partial charge in [0.2, 0.25) is 0 Å². The SMILES string of the molecule is COc1ccc(-c2nc(C(=O)Nc3ccc(F)cc3C)cs2)cc1. The molecule has 1 N–H and O–H groups in total. The summed E-state index contributed by atoms with van der Waals surface area (Å²) in [5.74, 6) is 0.113. The zero-order valence-corrected chi connectivity index (χ0v) is 14.0. The molecule has 1 aromatic heterocycles. The van der Waals surface area contributed by atoms with Gasteiger partial charge in [-0.05, 0) is 55.0 Å². The fourth-order valence-electron chi connectivity index (χ4n) is 2.20. The van der Waals surface area contributed by atoms with Crippen molar-refractivity contribution in [3.63, 3.8) is 0 Å². The molecule has 3 aromatic rings. The Labute approximate surface area is 142 Å². The van der Waals surface area contributed by atoms with Crippen LogP contribution < -0.4 is 10.1 Å². The smallest absolute Gasteiger partial charge is 0.275 e. The van der Waals surface area contributed by atoms with Gasteiger partial charge >= 0.3 is 0 Å². The maximum Gasteiger partial charge on any atom is 0.275 e. The average molecular weight is 342 g/mol. The number of aryl methyl sites for hydroxylation is 1. The van der Waals surface area contributed by atoms with E-state index >= 15 is 0 Å². The first-order chi connectivity index (χ1) is 11.6. The van der Waals surface area contributed by atoms with Gasteiger partial charge in [-0.25, -0.2) is 9.37 Å². The molecule has 0 aliphatic carbocycles. The normalized spacial score (nSPS) is 10.5. The van der Waals surface area contributed by atoms with E-state index in [4.69, 9.17) is 4.74 Å². The van der Waals surface area contributed by atoms with Gasteiger partial charge in [-0.15, -0.1) is 11.3 Å². The molecule has 0 atom stereocenters. The lowest BCUT2D eigenvalue weighted by Crippen LogP contribution is -2.13. The molecule has 1 heterocycles. The molecule has 6 heteroatoms.